The van der Waals surface area contributed by atoms with Crippen molar-refractivity contribution in [2.45, 2.75) is 32.7 Å². The zero-order valence-electron chi connectivity index (χ0n) is 13.0. The minimum Gasteiger partial charge on any atom is -0.492 e. The maximum Gasteiger partial charge on any atom is 0.119 e. The molecule has 0 aliphatic rings. The predicted octanol–water partition coefficient (Wildman–Crippen LogP) is 3.98. The first-order valence-corrected chi connectivity index (χ1v) is 7.74. The van der Waals surface area contributed by atoms with Crippen LogP contribution in [0.25, 0.3) is 0 Å². The van der Waals surface area contributed by atoms with Crippen LogP contribution in [0.2, 0.25) is 0 Å². The largest absolute Gasteiger partial charge is 0.492 e. The molecular formula is C19H25NO. The second-order valence-electron chi connectivity index (χ2n) is 5.41. The zero-order chi connectivity index (χ0) is 14.9. The van der Waals surface area contributed by atoms with Gasteiger partial charge >= 0.3 is 0 Å². The monoisotopic (exact) mass is 283 g/mol. The van der Waals surface area contributed by atoms with Gasteiger partial charge in [-0.15, -0.1) is 0 Å². The highest BCUT2D eigenvalue weighted by Crippen LogP contribution is 2.12. The van der Waals surface area contributed by atoms with Gasteiger partial charge in [-0.2, -0.15) is 0 Å². The Morgan fingerprint density at radius 2 is 1.86 bits per heavy atom. The van der Waals surface area contributed by atoms with Crippen LogP contribution in [0.15, 0.2) is 54.6 Å². The van der Waals surface area contributed by atoms with Crippen molar-refractivity contribution in [3.05, 3.63) is 65.7 Å². The fraction of sp³-hybridized carbons (Fsp3) is 0.368. The van der Waals surface area contributed by atoms with Gasteiger partial charge in [0.25, 0.3) is 0 Å². The summed E-state index contributed by atoms with van der Waals surface area (Å²) in [6.45, 7) is 5.88. The van der Waals surface area contributed by atoms with Crippen molar-refractivity contribution in [3.63, 3.8) is 0 Å². The highest BCUT2D eigenvalue weighted by atomic mass is 16.5. The lowest BCUT2D eigenvalue weighted by molar-refractivity contribution is 0.303. The maximum atomic E-state index is 5.77. The van der Waals surface area contributed by atoms with E-state index in [9.17, 15) is 0 Å². The second kappa shape index (κ2) is 8.48. The van der Waals surface area contributed by atoms with Gasteiger partial charge in [0, 0.05) is 12.6 Å². The molecule has 2 rings (SSSR count). The first kappa shape index (κ1) is 15.6. The SMILES string of the molecule is CCC(Cc1ccccc1)NCCOc1cccc(C)c1. The summed E-state index contributed by atoms with van der Waals surface area (Å²) in [7, 11) is 0. The van der Waals surface area contributed by atoms with E-state index >= 15 is 0 Å². The predicted molar refractivity (Wildman–Crippen MR) is 88.9 cm³/mol. The minimum absolute atomic E-state index is 0.508. The zero-order valence-corrected chi connectivity index (χ0v) is 13.0. The molecule has 2 aromatic carbocycles. The standard InChI is InChI=1S/C19H25NO/c1-3-18(15-17-9-5-4-6-10-17)20-12-13-21-19-11-7-8-16(2)14-19/h4-11,14,18,20H,3,12-13,15H2,1-2H3. The number of hydrogen-bond donors (Lipinski definition) is 1. The summed E-state index contributed by atoms with van der Waals surface area (Å²) >= 11 is 0. The van der Waals surface area contributed by atoms with Gasteiger partial charge in [0.2, 0.25) is 0 Å². The summed E-state index contributed by atoms with van der Waals surface area (Å²) in [5, 5.41) is 3.58. The number of benzene rings is 2. The van der Waals surface area contributed by atoms with E-state index in [-0.39, 0.29) is 0 Å². The fourth-order valence-electron chi connectivity index (χ4n) is 2.40. The Morgan fingerprint density at radius 3 is 2.57 bits per heavy atom. The molecule has 0 fully saturated rings. The van der Waals surface area contributed by atoms with Gasteiger partial charge in [-0.05, 0) is 43.0 Å². The summed E-state index contributed by atoms with van der Waals surface area (Å²) in [6, 6.07) is 19.3. The van der Waals surface area contributed by atoms with E-state index in [4.69, 9.17) is 4.74 Å². The summed E-state index contributed by atoms with van der Waals surface area (Å²) in [5.41, 5.74) is 2.62. The van der Waals surface area contributed by atoms with Gasteiger partial charge in [-0.3, -0.25) is 0 Å². The Kier molecular flexibility index (Phi) is 6.29. The van der Waals surface area contributed by atoms with E-state index in [1.54, 1.807) is 0 Å². The van der Waals surface area contributed by atoms with Crippen molar-refractivity contribution in [2.24, 2.45) is 0 Å². The van der Waals surface area contributed by atoms with Crippen molar-refractivity contribution in [2.75, 3.05) is 13.2 Å². The third kappa shape index (κ3) is 5.60. The maximum absolute atomic E-state index is 5.77. The van der Waals surface area contributed by atoms with E-state index in [2.05, 4.69) is 61.6 Å². The molecule has 0 aliphatic carbocycles. The second-order valence-corrected chi connectivity index (χ2v) is 5.41. The lowest BCUT2D eigenvalue weighted by atomic mass is 10.0. The molecule has 0 aliphatic heterocycles. The highest BCUT2D eigenvalue weighted by molar-refractivity contribution is 5.27. The quantitative estimate of drug-likeness (QED) is 0.740. The Bertz CT molecular complexity index is 524. The molecule has 1 unspecified atom stereocenters. The van der Waals surface area contributed by atoms with Crippen molar-refractivity contribution < 1.29 is 4.74 Å². The van der Waals surface area contributed by atoms with Gasteiger partial charge in [0.1, 0.15) is 12.4 Å². The third-order valence-corrected chi connectivity index (χ3v) is 3.61. The summed E-state index contributed by atoms with van der Waals surface area (Å²) < 4.78 is 5.77. The topological polar surface area (TPSA) is 21.3 Å². The Labute approximate surface area is 128 Å². The van der Waals surface area contributed by atoms with Crippen LogP contribution in [0.1, 0.15) is 24.5 Å². The van der Waals surface area contributed by atoms with E-state index in [1.165, 1.54) is 11.1 Å². The molecule has 2 nitrogen and oxygen atoms in total. The summed E-state index contributed by atoms with van der Waals surface area (Å²) in [4.78, 5) is 0. The number of rotatable bonds is 8. The van der Waals surface area contributed by atoms with Crippen LogP contribution in [0.5, 0.6) is 5.75 Å². The normalized spacial score (nSPS) is 12.1. The molecule has 0 spiro atoms. The van der Waals surface area contributed by atoms with E-state index in [0.717, 1.165) is 25.1 Å². The van der Waals surface area contributed by atoms with Crippen LogP contribution < -0.4 is 10.1 Å². The summed E-state index contributed by atoms with van der Waals surface area (Å²) in [6.07, 6.45) is 2.20. The number of aryl methyl sites for hydroxylation is 1. The van der Waals surface area contributed by atoms with Crippen molar-refractivity contribution in [1.29, 1.82) is 0 Å². The first-order valence-electron chi connectivity index (χ1n) is 7.74. The molecule has 0 amide bonds. The number of nitrogens with one attached hydrogen (secondary N) is 1. The molecule has 0 radical (unpaired) electrons. The molecular weight excluding hydrogens is 258 g/mol. The smallest absolute Gasteiger partial charge is 0.119 e. The molecule has 2 heteroatoms. The lowest BCUT2D eigenvalue weighted by Crippen LogP contribution is -2.33. The average Bonchev–Trinajstić information content (AvgIpc) is 2.51. The van der Waals surface area contributed by atoms with Gasteiger partial charge in [0.15, 0.2) is 0 Å². The van der Waals surface area contributed by atoms with Crippen LogP contribution in [-0.2, 0) is 6.42 Å². The van der Waals surface area contributed by atoms with E-state index < -0.39 is 0 Å². The Balaban J connectivity index is 1.71. The third-order valence-electron chi connectivity index (χ3n) is 3.61. The van der Waals surface area contributed by atoms with Crippen molar-refractivity contribution in [3.8, 4) is 5.75 Å². The Morgan fingerprint density at radius 1 is 1.05 bits per heavy atom. The van der Waals surface area contributed by atoms with Crippen LogP contribution in [0, 0.1) is 6.92 Å². The molecule has 0 bridgehead atoms. The van der Waals surface area contributed by atoms with Crippen molar-refractivity contribution in [1.82, 2.24) is 5.32 Å². The highest BCUT2D eigenvalue weighted by Gasteiger charge is 2.06. The molecule has 0 aromatic heterocycles. The molecule has 1 atom stereocenters. The summed E-state index contributed by atoms with van der Waals surface area (Å²) in [5.74, 6) is 0.952. The molecule has 112 valence electrons. The van der Waals surface area contributed by atoms with Crippen LogP contribution >= 0.6 is 0 Å². The molecule has 1 N–H and O–H groups in total. The Hall–Kier alpha value is -1.80. The molecule has 0 saturated carbocycles. The van der Waals surface area contributed by atoms with E-state index in [1.807, 2.05) is 12.1 Å². The lowest BCUT2D eigenvalue weighted by Gasteiger charge is -2.17. The molecule has 21 heavy (non-hydrogen) atoms. The molecule has 0 saturated heterocycles. The first-order chi connectivity index (χ1) is 10.3. The number of hydrogen-bond acceptors (Lipinski definition) is 2. The van der Waals surface area contributed by atoms with Crippen LogP contribution in [0.3, 0.4) is 0 Å². The molecule has 2 aromatic rings. The minimum atomic E-state index is 0.508. The van der Waals surface area contributed by atoms with Gasteiger partial charge in [-0.25, -0.2) is 0 Å². The van der Waals surface area contributed by atoms with E-state index in [0.29, 0.717) is 12.6 Å². The van der Waals surface area contributed by atoms with Crippen LogP contribution in [-0.4, -0.2) is 19.2 Å². The van der Waals surface area contributed by atoms with Gasteiger partial charge in [-0.1, -0.05) is 49.4 Å². The number of ether oxygens (including phenoxy) is 1. The average molecular weight is 283 g/mol. The fourth-order valence-corrected chi connectivity index (χ4v) is 2.40. The van der Waals surface area contributed by atoms with Gasteiger partial charge in [0.05, 0.1) is 0 Å². The van der Waals surface area contributed by atoms with Crippen LogP contribution in [0.4, 0.5) is 0 Å². The molecule has 0 heterocycles. The van der Waals surface area contributed by atoms with Crippen molar-refractivity contribution >= 4 is 0 Å². The van der Waals surface area contributed by atoms with Gasteiger partial charge < -0.3 is 10.1 Å².